The summed E-state index contributed by atoms with van der Waals surface area (Å²) in [6.45, 7) is 1.84. The number of hydrogen-bond acceptors (Lipinski definition) is 6. The number of Topliss-reactive ketones (excluding diaryl/α,β-unsaturated/α-hetero) is 1. The Labute approximate surface area is 199 Å². The fourth-order valence-corrected chi connectivity index (χ4v) is 4.68. The number of esters is 2. The van der Waals surface area contributed by atoms with Crippen LogP contribution in [0.2, 0.25) is 0 Å². The molecule has 0 N–H and O–H groups in total. The smallest absolute Gasteiger partial charge is 0.342 e. The predicted octanol–water partition coefficient (Wildman–Crippen LogP) is 5.62. The number of ether oxygens (including phenoxy) is 3. The van der Waals surface area contributed by atoms with Gasteiger partial charge in [0.2, 0.25) is 0 Å². The summed E-state index contributed by atoms with van der Waals surface area (Å²) in [5, 5.41) is 0. The average molecular weight is 463 g/mol. The second-order valence-electron chi connectivity index (χ2n) is 8.87. The van der Waals surface area contributed by atoms with E-state index in [0.717, 1.165) is 12.0 Å². The van der Waals surface area contributed by atoms with Gasteiger partial charge in [0, 0.05) is 24.3 Å². The van der Waals surface area contributed by atoms with Gasteiger partial charge < -0.3 is 14.2 Å². The van der Waals surface area contributed by atoms with Crippen LogP contribution in [0.15, 0.2) is 42.5 Å². The van der Waals surface area contributed by atoms with E-state index in [4.69, 9.17) is 14.2 Å². The van der Waals surface area contributed by atoms with Crippen LogP contribution in [0, 0.1) is 0 Å². The van der Waals surface area contributed by atoms with Gasteiger partial charge in [-0.25, -0.2) is 4.79 Å². The minimum atomic E-state index is -0.487. The zero-order valence-corrected chi connectivity index (χ0v) is 19.7. The van der Waals surface area contributed by atoms with Crippen LogP contribution < -0.4 is 9.47 Å². The third-order valence-corrected chi connectivity index (χ3v) is 6.36. The van der Waals surface area contributed by atoms with Crippen molar-refractivity contribution in [2.75, 3.05) is 7.11 Å². The average Bonchev–Trinajstić information content (AvgIpc) is 2.82. The molecule has 2 aliphatic heterocycles. The summed E-state index contributed by atoms with van der Waals surface area (Å²) >= 11 is 0. The molecule has 0 saturated heterocycles. The monoisotopic (exact) mass is 462 g/mol. The van der Waals surface area contributed by atoms with Gasteiger partial charge in [0.05, 0.1) is 19.6 Å². The first-order valence-electron chi connectivity index (χ1n) is 11.9. The lowest BCUT2D eigenvalue weighted by Gasteiger charge is -2.29. The topological polar surface area (TPSA) is 78.9 Å². The summed E-state index contributed by atoms with van der Waals surface area (Å²) in [5.74, 6) is -0.118. The highest BCUT2D eigenvalue weighted by molar-refractivity contribution is 5.99. The van der Waals surface area contributed by atoms with Crippen LogP contribution in [0.25, 0.3) is 6.08 Å². The van der Waals surface area contributed by atoms with Crippen LogP contribution in [-0.2, 0) is 14.3 Å². The second-order valence-corrected chi connectivity index (χ2v) is 8.87. The van der Waals surface area contributed by atoms with E-state index in [9.17, 15) is 14.4 Å². The molecule has 2 atom stereocenters. The van der Waals surface area contributed by atoms with Gasteiger partial charge in [-0.15, -0.1) is 0 Å². The maximum atomic E-state index is 13.4. The lowest BCUT2D eigenvalue weighted by molar-refractivity contribution is -0.135. The molecule has 0 spiro atoms. The summed E-state index contributed by atoms with van der Waals surface area (Å²) in [5.41, 5.74) is 2.52. The number of allylic oxidation sites excluding steroid dienone is 1. The van der Waals surface area contributed by atoms with Gasteiger partial charge in [-0.2, -0.15) is 0 Å². The SMILES string of the molecule is COc1c2c(cc3c1[C@@H](c1ccccc1)CC(=O)O3)C=CCCCC(=O)CCC[C@H](C)OC2=O. The number of ketones is 1. The molecule has 0 saturated carbocycles. The number of fused-ring (bicyclic) bond motifs is 2. The van der Waals surface area contributed by atoms with Gasteiger partial charge in [0.25, 0.3) is 0 Å². The molecule has 2 heterocycles. The second kappa shape index (κ2) is 10.7. The van der Waals surface area contributed by atoms with Crippen molar-refractivity contribution in [1.29, 1.82) is 0 Å². The van der Waals surface area contributed by atoms with Crippen molar-refractivity contribution in [2.24, 2.45) is 0 Å². The number of benzene rings is 2. The number of methoxy groups -OCH3 is 1. The van der Waals surface area contributed by atoms with Crippen molar-refractivity contribution in [3.8, 4) is 11.5 Å². The van der Waals surface area contributed by atoms with E-state index in [1.807, 2.05) is 49.4 Å². The van der Waals surface area contributed by atoms with E-state index in [1.165, 1.54) is 7.11 Å². The van der Waals surface area contributed by atoms with E-state index in [1.54, 1.807) is 6.07 Å². The molecule has 0 unspecified atom stereocenters. The third kappa shape index (κ3) is 5.22. The highest BCUT2D eigenvalue weighted by atomic mass is 16.5. The maximum Gasteiger partial charge on any atom is 0.342 e. The van der Waals surface area contributed by atoms with Gasteiger partial charge in [0.1, 0.15) is 22.8 Å². The molecular weight excluding hydrogens is 432 g/mol. The fourth-order valence-electron chi connectivity index (χ4n) is 4.68. The van der Waals surface area contributed by atoms with Crippen molar-refractivity contribution >= 4 is 23.8 Å². The quantitative estimate of drug-likeness (QED) is 0.426. The molecule has 0 bridgehead atoms. The van der Waals surface area contributed by atoms with Gasteiger partial charge in [0.15, 0.2) is 0 Å². The van der Waals surface area contributed by atoms with E-state index in [-0.39, 0.29) is 30.2 Å². The number of carbonyl (C=O) groups is 3. The molecular formula is C28H30O6. The maximum absolute atomic E-state index is 13.4. The molecule has 0 aromatic heterocycles. The molecule has 2 aromatic carbocycles. The molecule has 6 nitrogen and oxygen atoms in total. The summed E-state index contributed by atoms with van der Waals surface area (Å²) < 4.78 is 17.2. The predicted molar refractivity (Wildman–Crippen MR) is 128 cm³/mol. The van der Waals surface area contributed by atoms with Gasteiger partial charge in [-0.05, 0) is 49.8 Å². The molecule has 34 heavy (non-hydrogen) atoms. The number of hydrogen-bond donors (Lipinski definition) is 0. The number of rotatable bonds is 2. The third-order valence-electron chi connectivity index (χ3n) is 6.36. The van der Waals surface area contributed by atoms with E-state index in [2.05, 4.69) is 0 Å². The van der Waals surface area contributed by atoms with Gasteiger partial charge >= 0.3 is 11.9 Å². The van der Waals surface area contributed by atoms with Crippen LogP contribution in [0.3, 0.4) is 0 Å². The van der Waals surface area contributed by atoms with Crippen molar-refractivity contribution in [2.45, 2.75) is 63.9 Å². The summed E-state index contributed by atoms with van der Waals surface area (Å²) in [6.07, 6.45) is 7.34. The van der Waals surface area contributed by atoms with Crippen LogP contribution >= 0.6 is 0 Å². The lowest BCUT2D eigenvalue weighted by Crippen LogP contribution is -2.24. The first kappa shape index (κ1) is 23.7. The molecule has 178 valence electrons. The van der Waals surface area contributed by atoms with Crippen molar-refractivity contribution < 1.29 is 28.6 Å². The number of carbonyl (C=O) groups excluding carboxylic acids is 3. The van der Waals surface area contributed by atoms with E-state index in [0.29, 0.717) is 60.3 Å². The molecule has 2 aromatic rings. The Balaban J connectivity index is 1.85. The van der Waals surface area contributed by atoms with Crippen LogP contribution in [0.1, 0.15) is 84.8 Å². The molecule has 0 amide bonds. The zero-order chi connectivity index (χ0) is 24.1. The van der Waals surface area contributed by atoms with E-state index < -0.39 is 5.97 Å². The summed E-state index contributed by atoms with van der Waals surface area (Å²) in [4.78, 5) is 37.9. The Hall–Kier alpha value is -3.41. The first-order chi connectivity index (χ1) is 16.5. The van der Waals surface area contributed by atoms with Crippen LogP contribution in [0.4, 0.5) is 0 Å². The molecule has 2 aliphatic rings. The minimum Gasteiger partial charge on any atom is -0.495 e. The molecule has 6 heteroatoms. The largest absolute Gasteiger partial charge is 0.495 e. The number of cyclic esters (lactones) is 1. The Bertz CT molecular complexity index is 1100. The Kier molecular flexibility index (Phi) is 7.46. The molecule has 0 fully saturated rings. The van der Waals surface area contributed by atoms with Crippen LogP contribution in [-0.4, -0.2) is 30.9 Å². The molecule has 0 radical (unpaired) electrons. The van der Waals surface area contributed by atoms with E-state index >= 15 is 0 Å². The fraction of sp³-hybridized carbons (Fsp3) is 0.393. The highest BCUT2D eigenvalue weighted by Gasteiger charge is 2.36. The Morgan fingerprint density at radius 3 is 2.56 bits per heavy atom. The van der Waals surface area contributed by atoms with Gasteiger partial charge in [-0.3, -0.25) is 9.59 Å². The summed E-state index contributed by atoms with van der Waals surface area (Å²) in [6, 6.07) is 11.4. The normalized spacial score (nSPS) is 21.5. The molecule has 4 rings (SSSR count). The molecule has 0 aliphatic carbocycles. The highest BCUT2D eigenvalue weighted by Crippen LogP contribution is 2.47. The summed E-state index contributed by atoms with van der Waals surface area (Å²) in [7, 11) is 1.52. The first-order valence-corrected chi connectivity index (χ1v) is 11.9. The lowest BCUT2D eigenvalue weighted by atomic mass is 9.83. The minimum absolute atomic E-state index is 0.154. The van der Waals surface area contributed by atoms with Crippen molar-refractivity contribution in [3.05, 3.63) is 64.7 Å². The Morgan fingerprint density at radius 2 is 1.79 bits per heavy atom. The van der Waals surface area contributed by atoms with Crippen molar-refractivity contribution in [3.63, 3.8) is 0 Å². The zero-order valence-electron chi connectivity index (χ0n) is 19.7. The van der Waals surface area contributed by atoms with Crippen molar-refractivity contribution in [1.82, 2.24) is 0 Å². The standard InChI is InChI=1S/C28H30O6/c1-18-10-9-15-21(29)14-8-4-7-13-20-16-23-26(27(32-2)25(20)28(31)33-18)22(17-24(30)34-23)19-11-5-3-6-12-19/h3,5-7,11-13,16,18,22H,4,8-10,14-15,17H2,1-2H3/t18-,22+/m0/s1. The Morgan fingerprint density at radius 1 is 1.03 bits per heavy atom. The van der Waals surface area contributed by atoms with Gasteiger partial charge in [-0.1, -0.05) is 42.5 Å². The van der Waals surface area contributed by atoms with Crippen LogP contribution in [0.5, 0.6) is 11.5 Å².